The fourth-order valence-corrected chi connectivity index (χ4v) is 9.06. The van der Waals surface area contributed by atoms with Gasteiger partial charge in [0.25, 0.3) is 0 Å². The third-order valence-electron chi connectivity index (χ3n) is 12.8. The third kappa shape index (κ3) is 49.2. The number of allylic oxidation sites excluding steroid dienone is 5. The van der Waals surface area contributed by atoms with Crippen LogP contribution in [-0.2, 0) is 27.9 Å². The summed E-state index contributed by atoms with van der Waals surface area (Å²) in [7, 11) is 1.50. The van der Waals surface area contributed by atoms with Crippen molar-refractivity contribution in [3.63, 3.8) is 0 Å². The summed E-state index contributed by atoms with van der Waals surface area (Å²) < 4.78 is 30.6. The molecule has 3 unspecified atom stereocenters. The second-order valence-electron chi connectivity index (χ2n) is 20.8. The van der Waals surface area contributed by atoms with Crippen molar-refractivity contribution in [1.82, 2.24) is 5.32 Å². The van der Waals surface area contributed by atoms with Gasteiger partial charge in [-0.3, -0.25) is 18.6 Å². The van der Waals surface area contributed by atoms with E-state index in [-0.39, 0.29) is 25.1 Å². The molecule has 0 rings (SSSR count). The van der Waals surface area contributed by atoms with Crippen LogP contribution in [0.5, 0.6) is 0 Å². The van der Waals surface area contributed by atoms with Gasteiger partial charge in [-0.2, -0.15) is 0 Å². The first-order valence-electron chi connectivity index (χ1n) is 28.8. The van der Waals surface area contributed by atoms with Gasteiger partial charge in [-0.05, 0) is 63.9 Å². The van der Waals surface area contributed by atoms with E-state index in [4.69, 9.17) is 13.8 Å². The van der Waals surface area contributed by atoms with E-state index in [0.717, 1.165) is 64.2 Å². The van der Waals surface area contributed by atoms with Gasteiger partial charge in [0.1, 0.15) is 19.3 Å². The minimum absolute atomic E-state index is 0.0413. The number of carbonyl (C=O) groups is 2. The van der Waals surface area contributed by atoms with Crippen LogP contribution >= 0.6 is 7.82 Å². The SMILES string of the molecule is CCCCC/C=C\C/C=C\CCCCCCCCCCCC(=O)NC(COP(=O)(O)OCC[N+](C)(C)C)C(/C=C\CCCCCCCCCCCC)OC(=O)CCCCCCCCCCCCC. The van der Waals surface area contributed by atoms with Crippen molar-refractivity contribution in [2.24, 2.45) is 0 Å². The van der Waals surface area contributed by atoms with Crippen LogP contribution in [0.3, 0.4) is 0 Å². The molecule has 0 aromatic heterocycles. The number of nitrogens with one attached hydrogen (secondary N) is 1. The first-order chi connectivity index (χ1) is 32.9. The highest BCUT2D eigenvalue weighted by molar-refractivity contribution is 7.47. The normalized spacial score (nSPS) is 14.0. The largest absolute Gasteiger partial charge is 0.472 e. The third-order valence-corrected chi connectivity index (χ3v) is 13.8. The molecule has 68 heavy (non-hydrogen) atoms. The number of hydrogen-bond acceptors (Lipinski definition) is 6. The maximum atomic E-state index is 13.5. The Labute approximate surface area is 421 Å². The number of unbranched alkanes of at least 4 members (excludes halogenated alkanes) is 32. The lowest BCUT2D eigenvalue weighted by molar-refractivity contribution is -0.870. The molecule has 0 radical (unpaired) electrons. The van der Waals surface area contributed by atoms with E-state index in [1.165, 1.54) is 173 Å². The minimum atomic E-state index is -4.44. The summed E-state index contributed by atoms with van der Waals surface area (Å²) in [5, 5.41) is 3.05. The fourth-order valence-electron chi connectivity index (χ4n) is 8.32. The predicted octanol–water partition coefficient (Wildman–Crippen LogP) is 17.2. The molecule has 400 valence electrons. The molecule has 10 heteroatoms. The molecule has 0 fully saturated rings. The highest BCUT2D eigenvalue weighted by Crippen LogP contribution is 2.43. The molecule has 0 aliphatic heterocycles. The molecule has 9 nitrogen and oxygen atoms in total. The van der Waals surface area contributed by atoms with Gasteiger partial charge in [-0.15, -0.1) is 0 Å². The average molecular weight is 981 g/mol. The summed E-state index contributed by atoms with van der Waals surface area (Å²) in [6.07, 6.45) is 57.0. The van der Waals surface area contributed by atoms with E-state index in [2.05, 4.69) is 50.4 Å². The lowest BCUT2D eigenvalue weighted by atomic mass is 10.0. The van der Waals surface area contributed by atoms with E-state index in [0.29, 0.717) is 23.9 Å². The quantitative estimate of drug-likeness (QED) is 0.0205. The van der Waals surface area contributed by atoms with Crippen LogP contribution in [0.15, 0.2) is 36.5 Å². The Morgan fingerprint density at radius 1 is 0.515 bits per heavy atom. The standard InChI is InChI=1S/C58H111N2O7P/c1-7-10-13-16-19-22-25-27-28-29-30-31-32-33-36-38-41-44-47-50-57(61)59-55(54-66-68(63,64)65-53-52-60(4,5)6)56(49-46-43-40-37-35-26-23-20-17-14-11-8-2)67-58(62)51-48-45-42-39-34-24-21-18-15-12-9-3/h19,22,27-28,46,49,55-56H,7-18,20-21,23-26,29-45,47-48,50-54H2,1-6H3,(H-,59,61,63,64)/p+1/b22-19-,28-27-,49-46-. The minimum Gasteiger partial charge on any atom is -0.456 e. The molecule has 2 N–H and O–H groups in total. The average Bonchev–Trinajstić information content (AvgIpc) is 3.29. The second-order valence-corrected chi connectivity index (χ2v) is 22.3. The molecule has 0 aliphatic carbocycles. The maximum absolute atomic E-state index is 13.5. The second kappa shape index (κ2) is 48.8. The van der Waals surface area contributed by atoms with Crippen LogP contribution in [0.2, 0.25) is 0 Å². The van der Waals surface area contributed by atoms with Crippen LogP contribution in [0.25, 0.3) is 0 Å². The molecule has 0 heterocycles. The molecule has 1 amide bonds. The lowest BCUT2D eigenvalue weighted by Gasteiger charge is -2.27. The molecule has 0 aromatic carbocycles. The molecular formula is C58H112N2O7P+. The Morgan fingerprint density at radius 2 is 0.897 bits per heavy atom. The van der Waals surface area contributed by atoms with Crippen LogP contribution < -0.4 is 5.32 Å². The van der Waals surface area contributed by atoms with Crippen molar-refractivity contribution in [2.45, 2.75) is 283 Å². The number of hydrogen-bond donors (Lipinski definition) is 2. The Balaban J connectivity index is 5.27. The van der Waals surface area contributed by atoms with Gasteiger partial charge in [0.15, 0.2) is 0 Å². The predicted molar refractivity (Wildman–Crippen MR) is 291 cm³/mol. The fraction of sp³-hybridized carbons (Fsp3) is 0.862. The smallest absolute Gasteiger partial charge is 0.456 e. The number of phosphoric ester groups is 1. The number of phosphoric acid groups is 1. The van der Waals surface area contributed by atoms with Gasteiger partial charge in [-0.1, -0.05) is 231 Å². The van der Waals surface area contributed by atoms with E-state index in [1.807, 2.05) is 33.3 Å². The van der Waals surface area contributed by atoms with Crippen molar-refractivity contribution < 1.29 is 37.3 Å². The number of ether oxygens (including phenoxy) is 1. The summed E-state index contributed by atoms with van der Waals surface area (Å²) in [6, 6.07) is -0.845. The molecule has 0 saturated carbocycles. The van der Waals surface area contributed by atoms with Crippen molar-refractivity contribution >= 4 is 19.7 Å². The van der Waals surface area contributed by atoms with Gasteiger partial charge in [0.05, 0.1) is 33.8 Å². The highest BCUT2D eigenvalue weighted by Gasteiger charge is 2.30. The number of rotatable bonds is 52. The van der Waals surface area contributed by atoms with Crippen molar-refractivity contribution in [3.05, 3.63) is 36.5 Å². The highest BCUT2D eigenvalue weighted by atomic mass is 31.2. The van der Waals surface area contributed by atoms with Gasteiger partial charge in [0.2, 0.25) is 5.91 Å². The molecule has 0 spiro atoms. The van der Waals surface area contributed by atoms with Crippen LogP contribution in [0.4, 0.5) is 0 Å². The zero-order valence-corrected chi connectivity index (χ0v) is 46.5. The number of nitrogens with zero attached hydrogens (tertiary/aromatic N) is 1. The molecule has 0 aliphatic rings. The van der Waals surface area contributed by atoms with Gasteiger partial charge in [-0.25, -0.2) is 4.57 Å². The van der Waals surface area contributed by atoms with Crippen molar-refractivity contribution in [2.75, 3.05) is 40.9 Å². The lowest BCUT2D eigenvalue weighted by Crippen LogP contribution is -2.47. The topological polar surface area (TPSA) is 111 Å². The van der Waals surface area contributed by atoms with E-state index in [1.54, 1.807) is 0 Å². The molecule has 0 bridgehead atoms. The van der Waals surface area contributed by atoms with Crippen molar-refractivity contribution in [3.8, 4) is 0 Å². The first kappa shape index (κ1) is 66.2. The zero-order chi connectivity index (χ0) is 50.1. The maximum Gasteiger partial charge on any atom is 0.472 e. The molecular weight excluding hydrogens is 868 g/mol. The van der Waals surface area contributed by atoms with E-state index in [9.17, 15) is 19.0 Å². The van der Waals surface area contributed by atoms with E-state index < -0.39 is 20.0 Å². The first-order valence-corrected chi connectivity index (χ1v) is 30.3. The number of carbonyl (C=O) groups excluding carboxylic acids is 2. The number of likely N-dealkylation sites (N-methyl/N-ethyl adjacent to an activating group) is 1. The van der Waals surface area contributed by atoms with Crippen LogP contribution in [-0.4, -0.2) is 74.3 Å². The molecule has 0 aromatic rings. The van der Waals surface area contributed by atoms with Crippen LogP contribution in [0, 0.1) is 0 Å². The zero-order valence-electron chi connectivity index (χ0n) is 45.6. The number of quaternary nitrogens is 1. The monoisotopic (exact) mass is 980 g/mol. The molecule has 3 atom stereocenters. The summed E-state index contributed by atoms with van der Waals surface area (Å²) in [5.74, 6) is -0.502. The number of amides is 1. The van der Waals surface area contributed by atoms with E-state index >= 15 is 0 Å². The number of esters is 1. The Bertz CT molecular complexity index is 1270. The Kier molecular flexibility index (Phi) is 47.6. The Hall–Kier alpha value is -1.77. The Morgan fingerprint density at radius 3 is 1.35 bits per heavy atom. The summed E-state index contributed by atoms with van der Waals surface area (Å²) >= 11 is 0. The molecule has 0 saturated heterocycles. The van der Waals surface area contributed by atoms with Crippen molar-refractivity contribution in [1.29, 1.82) is 0 Å². The van der Waals surface area contributed by atoms with Gasteiger partial charge >= 0.3 is 13.8 Å². The van der Waals surface area contributed by atoms with Crippen LogP contribution in [0.1, 0.15) is 271 Å². The van der Waals surface area contributed by atoms with Gasteiger partial charge < -0.3 is 19.4 Å². The van der Waals surface area contributed by atoms with Gasteiger partial charge in [0, 0.05) is 12.8 Å². The summed E-state index contributed by atoms with van der Waals surface area (Å²) in [5.41, 5.74) is 0. The summed E-state index contributed by atoms with van der Waals surface area (Å²) in [4.78, 5) is 37.5. The summed E-state index contributed by atoms with van der Waals surface area (Å²) in [6.45, 7) is 6.99.